The van der Waals surface area contributed by atoms with Gasteiger partial charge in [0.25, 0.3) is 5.91 Å². The van der Waals surface area contributed by atoms with E-state index in [1.807, 2.05) is 11.8 Å². The maximum atomic E-state index is 12.7. The van der Waals surface area contributed by atoms with Crippen LogP contribution in [0.3, 0.4) is 0 Å². The lowest BCUT2D eigenvalue weighted by molar-refractivity contribution is -0.123. The number of aliphatic hydroxyl groups excluding tert-OH is 1. The van der Waals surface area contributed by atoms with Crippen LogP contribution in [0.25, 0.3) is 0 Å². The van der Waals surface area contributed by atoms with Crippen molar-refractivity contribution in [2.24, 2.45) is 0 Å². The molecule has 2 aliphatic heterocycles. The van der Waals surface area contributed by atoms with E-state index in [-0.39, 0.29) is 24.3 Å². The van der Waals surface area contributed by atoms with Crippen LogP contribution in [0.4, 0.5) is 5.69 Å². The maximum absolute atomic E-state index is 12.7. The summed E-state index contributed by atoms with van der Waals surface area (Å²) in [6.07, 6.45) is 2.16. The van der Waals surface area contributed by atoms with E-state index in [1.54, 1.807) is 24.3 Å². The number of aliphatic hydroxyl groups is 1. The third kappa shape index (κ3) is 3.44. The number of carbonyl (C=O) groups excluding carboxylic acids is 2. The second kappa shape index (κ2) is 7.32. The van der Waals surface area contributed by atoms with Gasteiger partial charge in [0.15, 0.2) is 0 Å². The van der Waals surface area contributed by atoms with Gasteiger partial charge in [-0.1, -0.05) is 6.92 Å². The van der Waals surface area contributed by atoms with Gasteiger partial charge in [-0.3, -0.25) is 14.5 Å². The summed E-state index contributed by atoms with van der Waals surface area (Å²) in [5.41, 5.74) is 0.591. The molecule has 0 aromatic heterocycles. The number of hydrogen-bond donors (Lipinski definition) is 1. The van der Waals surface area contributed by atoms with Crippen LogP contribution in [0.2, 0.25) is 0 Å². The van der Waals surface area contributed by atoms with Crippen molar-refractivity contribution in [1.82, 2.24) is 4.90 Å². The van der Waals surface area contributed by atoms with Crippen molar-refractivity contribution in [3.05, 3.63) is 24.3 Å². The predicted octanol–water partition coefficient (Wildman–Crippen LogP) is 1.56. The Labute approximate surface area is 142 Å². The summed E-state index contributed by atoms with van der Waals surface area (Å²) in [6.45, 7) is 3.99. The van der Waals surface area contributed by atoms with E-state index in [1.165, 1.54) is 4.90 Å². The zero-order valence-electron chi connectivity index (χ0n) is 14.0. The number of nitrogens with zero attached hydrogens (tertiary/aromatic N) is 2. The monoisotopic (exact) mass is 332 g/mol. The Morgan fingerprint density at radius 1 is 1.17 bits per heavy atom. The lowest BCUT2D eigenvalue weighted by Gasteiger charge is -2.32. The molecule has 2 aliphatic rings. The number of carbonyl (C=O) groups is 2. The first kappa shape index (κ1) is 16.9. The van der Waals surface area contributed by atoms with E-state index in [2.05, 4.69) is 0 Å². The molecule has 1 aromatic rings. The van der Waals surface area contributed by atoms with E-state index in [0.29, 0.717) is 38.2 Å². The molecule has 0 unspecified atom stereocenters. The SMILES string of the molecule is CCCOc1ccc(N2C(=O)C[C@H](N3CCC(O)CC3)C2=O)cc1. The molecule has 0 bridgehead atoms. The van der Waals surface area contributed by atoms with Gasteiger partial charge in [-0.2, -0.15) is 0 Å². The molecule has 24 heavy (non-hydrogen) atoms. The molecular formula is C18H24N2O4. The fourth-order valence-corrected chi connectivity index (χ4v) is 3.28. The number of imide groups is 1. The van der Waals surface area contributed by atoms with Crippen LogP contribution in [-0.2, 0) is 9.59 Å². The van der Waals surface area contributed by atoms with Gasteiger partial charge in [0.2, 0.25) is 5.91 Å². The summed E-state index contributed by atoms with van der Waals surface area (Å²) >= 11 is 0. The molecule has 0 saturated carbocycles. The minimum atomic E-state index is -0.402. The molecule has 2 saturated heterocycles. The molecule has 0 aliphatic carbocycles. The van der Waals surface area contributed by atoms with Gasteiger partial charge < -0.3 is 9.84 Å². The average Bonchev–Trinajstić information content (AvgIpc) is 2.89. The van der Waals surface area contributed by atoms with E-state index in [4.69, 9.17) is 4.74 Å². The third-order valence-electron chi connectivity index (χ3n) is 4.63. The molecule has 1 aromatic carbocycles. The summed E-state index contributed by atoms with van der Waals surface area (Å²) < 4.78 is 5.53. The number of piperidine rings is 1. The molecule has 1 N–H and O–H groups in total. The zero-order chi connectivity index (χ0) is 17.1. The number of amides is 2. The van der Waals surface area contributed by atoms with Gasteiger partial charge in [-0.25, -0.2) is 4.90 Å². The Bertz CT molecular complexity index is 594. The summed E-state index contributed by atoms with van der Waals surface area (Å²) in [6, 6.07) is 6.68. The smallest absolute Gasteiger partial charge is 0.251 e. The quantitative estimate of drug-likeness (QED) is 0.829. The summed E-state index contributed by atoms with van der Waals surface area (Å²) in [5, 5.41) is 9.60. The number of rotatable bonds is 5. The number of anilines is 1. The molecule has 3 rings (SSSR count). The van der Waals surface area contributed by atoms with Crippen LogP contribution in [0.15, 0.2) is 24.3 Å². The first-order valence-corrected chi connectivity index (χ1v) is 8.62. The molecule has 0 radical (unpaired) electrons. The molecule has 6 nitrogen and oxygen atoms in total. The number of hydrogen-bond acceptors (Lipinski definition) is 5. The molecule has 2 amide bonds. The number of likely N-dealkylation sites (tertiary alicyclic amines) is 1. The van der Waals surface area contributed by atoms with Gasteiger partial charge in [-0.15, -0.1) is 0 Å². The molecular weight excluding hydrogens is 308 g/mol. The van der Waals surface area contributed by atoms with Crippen molar-refractivity contribution >= 4 is 17.5 Å². The zero-order valence-corrected chi connectivity index (χ0v) is 14.0. The first-order chi connectivity index (χ1) is 11.6. The normalized spacial score (nSPS) is 23.1. The Morgan fingerprint density at radius 3 is 2.46 bits per heavy atom. The Kier molecular flexibility index (Phi) is 5.16. The fraction of sp³-hybridized carbons (Fsp3) is 0.556. The van der Waals surface area contributed by atoms with Crippen molar-refractivity contribution in [2.75, 3.05) is 24.6 Å². The standard InChI is InChI=1S/C18H24N2O4/c1-2-11-24-15-5-3-13(4-6-15)20-17(22)12-16(18(20)23)19-9-7-14(21)8-10-19/h3-6,14,16,21H,2,7-12H2,1H3/t16-/m0/s1. The average molecular weight is 332 g/mol. The third-order valence-corrected chi connectivity index (χ3v) is 4.63. The van der Waals surface area contributed by atoms with Crippen molar-refractivity contribution in [2.45, 2.75) is 44.8 Å². The van der Waals surface area contributed by atoms with Crippen molar-refractivity contribution < 1.29 is 19.4 Å². The molecule has 130 valence electrons. The fourth-order valence-electron chi connectivity index (χ4n) is 3.28. The Balaban J connectivity index is 1.70. The molecule has 6 heteroatoms. The van der Waals surface area contributed by atoms with Crippen LogP contribution < -0.4 is 9.64 Å². The topological polar surface area (TPSA) is 70.1 Å². The van der Waals surface area contributed by atoms with Gasteiger partial charge in [0.1, 0.15) is 5.75 Å². The number of benzene rings is 1. The van der Waals surface area contributed by atoms with Crippen LogP contribution in [0, 0.1) is 0 Å². The molecule has 2 heterocycles. The van der Waals surface area contributed by atoms with Crippen LogP contribution in [0.1, 0.15) is 32.6 Å². The van der Waals surface area contributed by atoms with Gasteiger partial charge >= 0.3 is 0 Å². The second-order valence-corrected chi connectivity index (χ2v) is 6.40. The second-order valence-electron chi connectivity index (χ2n) is 6.40. The molecule has 1 atom stereocenters. The van der Waals surface area contributed by atoms with Gasteiger partial charge in [0.05, 0.1) is 30.9 Å². The van der Waals surface area contributed by atoms with Crippen molar-refractivity contribution in [3.8, 4) is 5.75 Å². The van der Waals surface area contributed by atoms with Crippen LogP contribution >= 0.6 is 0 Å². The molecule has 2 fully saturated rings. The van der Waals surface area contributed by atoms with Crippen LogP contribution in [-0.4, -0.2) is 53.7 Å². The minimum Gasteiger partial charge on any atom is -0.494 e. The first-order valence-electron chi connectivity index (χ1n) is 8.62. The van der Waals surface area contributed by atoms with E-state index in [9.17, 15) is 14.7 Å². The van der Waals surface area contributed by atoms with E-state index >= 15 is 0 Å². The molecule has 0 spiro atoms. The lowest BCUT2D eigenvalue weighted by Crippen LogP contribution is -2.46. The van der Waals surface area contributed by atoms with E-state index in [0.717, 1.165) is 12.2 Å². The highest BCUT2D eigenvalue weighted by Crippen LogP contribution is 2.28. The largest absolute Gasteiger partial charge is 0.494 e. The van der Waals surface area contributed by atoms with Crippen molar-refractivity contribution in [1.29, 1.82) is 0 Å². The highest BCUT2D eigenvalue weighted by atomic mass is 16.5. The summed E-state index contributed by atoms with van der Waals surface area (Å²) in [5.74, 6) is 0.401. The Morgan fingerprint density at radius 2 is 1.83 bits per heavy atom. The van der Waals surface area contributed by atoms with Crippen LogP contribution in [0.5, 0.6) is 5.75 Å². The highest BCUT2D eigenvalue weighted by Gasteiger charge is 2.43. The van der Waals surface area contributed by atoms with E-state index < -0.39 is 6.04 Å². The van der Waals surface area contributed by atoms with Gasteiger partial charge in [-0.05, 0) is 43.5 Å². The minimum absolute atomic E-state index is 0.168. The van der Waals surface area contributed by atoms with Gasteiger partial charge in [0, 0.05) is 13.1 Å². The Hall–Kier alpha value is -1.92. The summed E-state index contributed by atoms with van der Waals surface area (Å²) in [4.78, 5) is 28.4. The predicted molar refractivity (Wildman–Crippen MR) is 89.9 cm³/mol. The maximum Gasteiger partial charge on any atom is 0.251 e. The summed E-state index contributed by atoms with van der Waals surface area (Å²) in [7, 11) is 0. The highest BCUT2D eigenvalue weighted by molar-refractivity contribution is 6.22. The van der Waals surface area contributed by atoms with Crippen molar-refractivity contribution in [3.63, 3.8) is 0 Å². The lowest BCUT2D eigenvalue weighted by atomic mass is 10.1. The number of ether oxygens (including phenoxy) is 1.